The van der Waals surface area contributed by atoms with Gasteiger partial charge in [-0.1, -0.05) is 13.8 Å². The van der Waals surface area contributed by atoms with Gasteiger partial charge in [-0.2, -0.15) is 0 Å². The number of imidazole rings is 1. The summed E-state index contributed by atoms with van der Waals surface area (Å²) in [5.41, 5.74) is 1.42. The molecule has 0 aliphatic carbocycles. The number of carbonyl (C=O) groups is 1. The second-order valence-corrected chi connectivity index (χ2v) is 5.71. The molecule has 5 heteroatoms. The van der Waals surface area contributed by atoms with Gasteiger partial charge in [0.15, 0.2) is 5.78 Å². The lowest BCUT2D eigenvalue weighted by Gasteiger charge is -2.19. The van der Waals surface area contributed by atoms with Gasteiger partial charge in [-0.25, -0.2) is 4.98 Å². The van der Waals surface area contributed by atoms with E-state index in [0.29, 0.717) is 24.1 Å². The van der Waals surface area contributed by atoms with Crippen LogP contribution in [0.4, 0.5) is 0 Å². The third kappa shape index (κ3) is 2.65. The summed E-state index contributed by atoms with van der Waals surface area (Å²) in [5, 5.41) is 0. The maximum Gasteiger partial charge on any atom is 0.179 e. The van der Waals surface area contributed by atoms with Crippen molar-refractivity contribution in [2.45, 2.75) is 46.4 Å². The number of ketones is 1. The lowest BCUT2D eigenvalue weighted by molar-refractivity contribution is -0.0252. The van der Waals surface area contributed by atoms with Crippen LogP contribution in [-0.4, -0.2) is 35.2 Å². The summed E-state index contributed by atoms with van der Waals surface area (Å²) in [6.07, 6.45) is 2.76. The summed E-state index contributed by atoms with van der Waals surface area (Å²) in [6, 6.07) is 0. The average molecular weight is 280 g/mol. The standard InChI is InChI=1S/C15H24N2O3/c1-9-10(2)15(20-13(9)6-7-19-5)17-8-16-14(11(17)3)12(4)18/h8-10,13,15H,6-7H2,1-5H3/t9-,10+,13+,15+/m0/s1. The molecule has 0 radical (unpaired) electrons. The Kier molecular flexibility index (Phi) is 4.60. The van der Waals surface area contributed by atoms with Crippen LogP contribution >= 0.6 is 0 Å². The van der Waals surface area contributed by atoms with Gasteiger partial charge in [0.05, 0.1) is 12.4 Å². The van der Waals surface area contributed by atoms with Crippen molar-refractivity contribution in [3.05, 3.63) is 17.7 Å². The first-order valence-electron chi connectivity index (χ1n) is 7.16. The molecule has 0 bridgehead atoms. The van der Waals surface area contributed by atoms with Gasteiger partial charge in [-0.05, 0) is 19.3 Å². The van der Waals surface area contributed by atoms with Gasteiger partial charge in [-0.15, -0.1) is 0 Å². The quantitative estimate of drug-likeness (QED) is 0.778. The highest BCUT2D eigenvalue weighted by atomic mass is 16.5. The van der Waals surface area contributed by atoms with Crippen molar-refractivity contribution in [2.75, 3.05) is 13.7 Å². The molecule has 0 N–H and O–H groups in total. The molecule has 0 saturated carbocycles. The zero-order chi connectivity index (χ0) is 14.9. The molecular formula is C15H24N2O3. The van der Waals surface area contributed by atoms with Crippen molar-refractivity contribution < 1.29 is 14.3 Å². The summed E-state index contributed by atoms with van der Waals surface area (Å²) >= 11 is 0. The number of hydrogen-bond donors (Lipinski definition) is 0. The van der Waals surface area contributed by atoms with Gasteiger partial charge in [0.2, 0.25) is 0 Å². The first-order valence-corrected chi connectivity index (χ1v) is 7.16. The Balaban J connectivity index is 2.19. The third-order valence-corrected chi connectivity index (χ3v) is 4.44. The molecule has 0 spiro atoms. The van der Waals surface area contributed by atoms with Crippen LogP contribution < -0.4 is 0 Å². The second kappa shape index (κ2) is 6.06. The first kappa shape index (κ1) is 15.2. The van der Waals surface area contributed by atoms with Crippen molar-refractivity contribution in [3.8, 4) is 0 Å². The maximum absolute atomic E-state index is 11.5. The van der Waals surface area contributed by atoms with E-state index in [9.17, 15) is 4.79 Å². The van der Waals surface area contributed by atoms with Crippen LogP contribution in [0.1, 0.15) is 49.6 Å². The summed E-state index contributed by atoms with van der Waals surface area (Å²) in [5.74, 6) is 0.832. The molecule has 5 nitrogen and oxygen atoms in total. The van der Waals surface area contributed by atoms with Gasteiger partial charge in [0, 0.05) is 32.3 Å². The fourth-order valence-electron chi connectivity index (χ4n) is 2.93. The normalized spacial score (nSPS) is 29.9. The van der Waals surface area contributed by atoms with E-state index in [2.05, 4.69) is 18.8 Å². The fourth-order valence-corrected chi connectivity index (χ4v) is 2.93. The van der Waals surface area contributed by atoms with Gasteiger partial charge in [0.25, 0.3) is 0 Å². The number of aromatic nitrogens is 2. The molecule has 0 amide bonds. The Labute approximate surface area is 120 Å². The molecule has 1 saturated heterocycles. The zero-order valence-corrected chi connectivity index (χ0v) is 12.9. The van der Waals surface area contributed by atoms with Crippen molar-refractivity contribution in [1.29, 1.82) is 0 Å². The lowest BCUT2D eigenvalue weighted by Crippen LogP contribution is -2.17. The van der Waals surface area contributed by atoms with E-state index in [0.717, 1.165) is 12.1 Å². The SMILES string of the molecule is COCC[C@H]1O[C@@H](n2cnc(C(C)=O)c2C)[C@H](C)[C@@H]1C. The van der Waals surface area contributed by atoms with Crippen LogP contribution in [0, 0.1) is 18.8 Å². The predicted octanol–water partition coefficient (Wildman–Crippen LogP) is 2.60. The summed E-state index contributed by atoms with van der Waals surface area (Å²) < 4.78 is 13.3. The second-order valence-electron chi connectivity index (χ2n) is 5.71. The van der Waals surface area contributed by atoms with Crippen molar-refractivity contribution >= 4 is 5.78 Å². The number of nitrogens with zero attached hydrogens (tertiary/aromatic N) is 2. The van der Waals surface area contributed by atoms with Crippen LogP contribution in [0.25, 0.3) is 0 Å². The average Bonchev–Trinajstić information content (AvgIpc) is 2.91. The first-order chi connectivity index (χ1) is 9.47. The Morgan fingerprint density at radius 2 is 2.15 bits per heavy atom. The number of rotatable bonds is 5. The zero-order valence-electron chi connectivity index (χ0n) is 12.9. The minimum Gasteiger partial charge on any atom is -0.385 e. The molecule has 1 aliphatic rings. The molecule has 1 aromatic rings. The number of methoxy groups -OCH3 is 1. The van der Waals surface area contributed by atoms with Gasteiger partial charge < -0.3 is 14.0 Å². The highest BCUT2D eigenvalue weighted by molar-refractivity contribution is 5.93. The molecular weight excluding hydrogens is 256 g/mol. The number of Topliss-reactive ketones (excluding diaryl/α,β-unsaturated/α-hetero) is 1. The van der Waals surface area contributed by atoms with Crippen LogP contribution in [-0.2, 0) is 9.47 Å². The van der Waals surface area contributed by atoms with Crippen molar-refractivity contribution in [2.24, 2.45) is 11.8 Å². The number of carbonyl (C=O) groups excluding carboxylic acids is 1. The van der Waals surface area contributed by atoms with Gasteiger partial charge in [-0.3, -0.25) is 4.79 Å². The van der Waals surface area contributed by atoms with E-state index < -0.39 is 0 Å². The van der Waals surface area contributed by atoms with E-state index in [1.165, 1.54) is 0 Å². The van der Waals surface area contributed by atoms with Crippen molar-refractivity contribution in [1.82, 2.24) is 9.55 Å². The molecule has 0 unspecified atom stereocenters. The van der Waals surface area contributed by atoms with E-state index in [1.54, 1.807) is 20.4 Å². The third-order valence-electron chi connectivity index (χ3n) is 4.44. The molecule has 1 aromatic heterocycles. The molecule has 0 aromatic carbocycles. The molecule has 1 fully saturated rings. The monoisotopic (exact) mass is 280 g/mol. The maximum atomic E-state index is 11.5. The summed E-state index contributed by atoms with van der Waals surface area (Å²) in [4.78, 5) is 15.7. The molecule has 112 valence electrons. The Morgan fingerprint density at radius 3 is 2.70 bits per heavy atom. The van der Waals surface area contributed by atoms with E-state index in [-0.39, 0.29) is 18.1 Å². The Morgan fingerprint density at radius 1 is 1.45 bits per heavy atom. The van der Waals surface area contributed by atoms with Gasteiger partial charge in [0.1, 0.15) is 11.9 Å². The molecule has 2 rings (SSSR count). The molecule has 20 heavy (non-hydrogen) atoms. The van der Waals surface area contributed by atoms with Crippen LogP contribution in [0.2, 0.25) is 0 Å². The van der Waals surface area contributed by atoms with E-state index >= 15 is 0 Å². The molecule has 4 atom stereocenters. The van der Waals surface area contributed by atoms with E-state index in [1.807, 2.05) is 11.5 Å². The smallest absolute Gasteiger partial charge is 0.179 e. The highest BCUT2D eigenvalue weighted by Gasteiger charge is 2.40. The number of ether oxygens (including phenoxy) is 2. The lowest BCUT2D eigenvalue weighted by atomic mass is 9.91. The Hall–Kier alpha value is -1.20. The topological polar surface area (TPSA) is 53.4 Å². The minimum absolute atomic E-state index is 0.00381. The van der Waals surface area contributed by atoms with Gasteiger partial charge >= 0.3 is 0 Å². The fraction of sp³-hybridized carbons (Fsp3) is 0.733. The minimum atomic E-state index is -0.0487. The summed E-state index contributed by atoms with van der Waals surface area (Å²) in [6.45, 7) is 8.57. The Bertz CT molecular complexity index is 483. The largest absolute Gasteiger partial charge is 0.385 e. The van der Waals surface area contributed by atoms with Crippen LogP contribution in [0.15, 0.2) is 6.33 Å². The summed E-state index contributed by atoms with van der Waals surface area (Å²) in [7, 11) is 1.71. The van der Waals surface area contributed by atoms with E-state index in [4.69, 9.17) is 9.47 Å². The highest BCUT2D eigenvalue weighted by Crippen LogP contribution is 2.40. The molecule has 1 aliphatic heterocycles. The predicted molar refractivity (Wildman–Crippen MR) is 75.7 cm³/mol. The van der Waals surface area contributed by atoms with Crippen LogP contribution in [0.5, 0.6) is 0 Å². The molecule has 2 heterocycles. The number of hydrogen-bond acceptors (Lipinski definition) is 4. The van der Waals surface area contributed by atoms with Crippen LogP contribution in [0.3, 0.4) is 0 Å². The van der Waals surface area contributed by atoms with Crippen molar-refractivity contribution in [3.63, 3.8) is 0 Å².